The summed E-state index contributed by atoms with van der Waals surface area (Å²) in [6.45, 7) is 4.90. The molecule has 4 heteroatoms. The highest BCUT2D eigenvalue weighted by Crippen LogP contribution is 2.15. The first-order valence-electron chi connectivity index (χ1n) is 5.88. The smallest absolute Gasteiger partial charge is 0.127 e. The van der Waals surface area contributed by atoms with Gasteiger partial charge in [0.2, 0.25) is 0 Å². The normalized spacial score (nSPS) is 12.7. The largest absolute Gasteiger partial charge is 0.310 e. The molecular weight excluding hydrogens is 301 g/mol. The molecule has 1 N–H and O–H groups in total. The fourth-order valence-electron chi connectivity index (χ4n) is 1.47. The molecule has 1 aromatic carbocycles. The highest BCUT2D eigenvalue weighted by Gasteiger charge is 2.05. The Bertz CT molecular complexity index is 346. The van der Waals surface area contributed by atoms with Crippen molar-refractivity contribution in [2.75, 3.05) is 11.5 Å². The highest BCUT2D eigenvalue weighted by atomic mass is 79.9. The van der Waals surface area contributed by atoms with Gasteiger partial charge in [-0.2, -0.15) is 11.8 Å². The predicted molar refractivity (Wildman–Crippen MR) is 78.0 cm³/mol. The summed E-state index contributed by atoms with van der Waals surface area (Å²) >= 11 is 5.30. The van der Waals surface area contributed by atoms with Crippen molar-refractivity contribution in [2.24, 2.45) is 0 Å². The molecule has 17 heavy (non-hydrogen) atoms. The molecule has 1 unspecified atom stereocenters. The van der Waals surface area contributed by atoms with Crippen LogP contribution in [0, 0.1) is 5.82 Å². The molecule has 0 saturated carbocycles. The number of halogens is 2. The molecule has 0 aliphatic rings. The molecular formula is C13H19BrFNS. The van der Waals surface area contributed by atoms with E-state index in [0.29, 0.717) is 12.6 Å². The van der Waals surface area contributed by atoms with Crippen molar-refractivity contribution in [3.05, 3.63) is 34.1 Å². The van der Waals surface area contributed by atoms with Crippen LogP contribution < -0.4 is 5.32 Å². The molecule has 0 saturated heterocycles. The number of thioether (sulfide) groups is 1. The van der Waals surface area contributed by atoms with E-state index in [2.05, 4.69) is 35.1 Å². The van der Waals surface area contributed by atoms with Crippen LogP contribution in [0.1, 0.15) is 25.8 Å². The van der Waals surface area contributed by atoms with Crippen molar-refractivity contribution in [3.8, 4) is 0 Å². The average molecular weight is 320 g/mol. The Balaban J connectivity index is 2.36. The van der Waals surface area contributed by atoms with Gasteiger partial charge in [-0.05, 0) is 43.0 Å². The Hall–Kier alpha value is -0.0600. The molecule has 0 fully saturated rings. The third kappa shape index (κ3) is 5.89. The maximum atomic E-state index is 13.5. The molecule has 0 aliphatic heterocycles. The van der Waals surface area contributed by atoms with Gasteiger partial charge in [-0.25, -0.2) is 4.39 Å². The minimum atomic E-state index is -0.143. The summed E-state index contributed by atoms with van der Waals surface area (Å²) in [6.07, 6.45) is 1.12. The first kappa shape index (κ1) is 15.0. The third-order valence-electron chi connectivity index (χ3n) is 2.55. The second-order valence-electron chi connectivity index (χ2n) is 4.00. The maximum Gasteiger partial charge on any atom is 0.127 e. The molecule has 1 atom stereocenters. The van der Waals surface area contributed by atoms with E-state index in [1.807, 2.05) is 17.8 Å². The predicted octanol–water partition coefficient (Wildman–Crippen LogP) is 4.21. The van der Waals surface area contributed by atoms with E-state index >= 15 is 0 Å². The Kier molecular flexibility index (Phi) is 7.16. The number of rotatable bonds is 7. The minimum Gasteiger partial charge on any atom is -0.310 e. The van der Waals surface area contributed by atoms with Crippen molar-refractivity contribution in [1.82, 2.24) is 5.32 Å². The van der Waals surface area contributed by atoms with E-state index in [1.165, 1.54) is 6.07 Å². The Morgan fingerprint density at radius 2 is 2.24 bits per heavy atom. The zero-order valence-electron chi connectivity index (χ0n) is 10.3. The fraction of sp³-hybridized carbons (Fsp3) is 0.538. The minimum absolute atomic E-state index is 0.143. The molecule has 0 amide bonds. The number of nitrogens with one attached hydrogen (secondary N) is 1. The average Bonchev–Trinajstić information content (AvgIpc) is 2.31. The topological polar surface area (TPSA) is 12.0 Å². The molecule has 0 radical (unpaired) electrons. The van der Waals surface area contributed by atoms with E-state index in [-0.39, 0.29) is 5.82 Å². The van der Waals surface area contributed by atoms with Gasteiger partial charge in [-0.15, -0.1) is 0 Å². The molecule has 0 spiro atoms. The van der Waals surface area contributed by atoms with Crippen LogP contribution in [-0.2, 0) is 6.54 Å². The van der Waals surface area contributed by atoms with E-state index in [9.17, 15) is 4.39 Å². The molecule has 1 aromatic rings. The van der Waals surface area contributed by atoms with Crippen molar-refractivity contribution < 1.29 is 4.39 Å². The van der Waals surface area contributed by atoms with E-state index in [4.69, 9.17) is 0 Å². The van der Waals surface area contributed by atoms with Gasteiger partial charge >= 0.3 is 0 Å². The van der Waals surface area contributed by atoms with Crippen LogP contribution in [0.3, 0.4) is 0 Å². The summed E-state index contributed by atoms with van der Waals surface area (Å²) in [5.41, 5.74) is 0.717. The molecule has 96 valence electrons. The van der Waals surface area contributed by atoms with Crippen molar-refractivity contribution >= 4 is 27.7 Å². The molecule has 0 aliphatic carbocycles. The van der Waals surface area contributed by atoms with Crippen LogP contribution in [0.5, 0.6) is 0 Å². The Morgan fingerprint density at radius 1 is 1.47 bits per heavy atom. The van der Waals surface area contributed by atoms with Gasteiger partial charge in [0.15, 0.2) is 0 Å². The SMILES string of the molecule is CCSCCC(C)NCc1cc(Br)ccc1F. The van der Waals surface area contributed by atoms with Gasteiger partial charge in [0.05, 0.1) is 0 Å². The van der Waals surface area contributed by atoms with Gasteiger partial charge in [0.1, 0.15) is 5.82 Å². The monoisotopic (exact) mass is 319 g/mol. The quantitative estimate of drug-likeness (QED) is 0.755. The molecule has 0 aromatic heterocycles. The lowest BCUT2D eigenvalue weighted by molar-refractivity contribution is 0.519. The Morgan fingerprint density at radius 3 is 2.94 bits per heavy atom. The lowest BCUT2D eigenvalue weighted by atomic mass is 10.2. The Labute approximate surface area is 116 Å². The van der Waals surface area contributed by atoms with Crippen LogP contribution in [0.2, 0.25) is 0 Å². The van der Waals surface area contributed by atoms with Gasteiger partial charge < -0.3 is 5.32 Å². The van der Waals surface area contributed by atoms with E-state index in [1.54, 1.807) is 6.07 Å². The third-order valence-corrected chi connectivity index (χ3v) is 3.97. The van der Waals surface area contributed by atoms with Crippen LogP contribution in [-0.4, -0.2) is 17.5 Å². The first-order valence-corrected chi connectivity index (χ1v) is 7.83. The fourth-order valence-corrected chi connectivity index (χ4v) is 2.69. The lowest BCUT2D eigenvalue weighted by Gasteiger charge is -2.14. The summed E-state index contributed by atoms with van der Waals surface area (Å²) in [5, 5.41) is 3.35. The highest BCUT2D eigenvalue weighted by molar-refractivity contribution is 9.10. The van der Waals surface area contributed by atoms with E-state index in [0.717, 1.165) is 28.0 Å². The first-order chi connectivity index (χ1) is 8.13. The summed E-state index contributed by atoms with van der Waals surface area (Å²) in [5.74, 6) is 2.18. The van der Waals surface area contributed by atoms with Gasteiger partial charge in [-0.3, -0.25) is 0 Å². The molecule has 0 heterocycles. The summed E-state index contributed by atoms with van der Waals surface area (Å²) in [7, 11) is 0. The molecule has 0 bridgehead atoms. The number of hydrogen-bond donors (Lipinski definition) is 1. The lowest BCUT2D eigenvalue weighted by Crippen LogP contribution is -2.26. The number of benzene rings is 1. The van der Waals surface area contributed by atoms with Crippen LogP contribution in [0.25, 0.3) is 0 Å². The van der Waals surface area contributed by atoms with Crippen LogP contribution >= 0.6 is 27.7 Å². The summed E-state index contributed by atoms with van der Waals surface area (Å²) < 4.78 is 14.4. The van der Waals surface area contributed by atoms with Crippen molar-refractivity contribution in [2.45, 2.75) is 32.9 Å². The standard InChI is InChI=1S/C13H19BrFNS/c1-3-17-7-6-10(2)16-9-11-8-12(14)4-5-13(11)15/h4-5,8,10,16H,3,6-7,9H2,1-2H3. The summed E-state index contributed by atoms with van der Waals surface area (Å²) in [6, 6.07) is 5.47. The molecule has 1 rings (SSSR count). The van der Waals surface area contributed by atoms with Gasteiger partial charge in [0.25, 0.3) is 0 Å². The summed E-state index contributed by atoms with van der Waals surface area (Å²) in [4.78, 5) is 0. The van der Waals surface area contributed by atoms with Crippen LogP contribution in [0.4, 0.5) is 4.39 Å². The van der Waals surface area contributed by atoms with Crippen molar-refractivity contribution in [1.29, 1.82) is 0 Å². The maximum absolute atomic E-state index is 13.5. The molecule has 1 nitrogen and oxygen atoms in total. The zero-order chi connectivity index (χ0) is 12.7. The van der Waals surface area contributed by atoms with Crippen molar-refractivity contribution in [3.63, 3.8) is 0 Å². The van der Waals surface area contributed by atoms with Gasteiger partial charge in [0, 0.05) is 22.6 Å². The van der Waals surface area contributed by atoms with E-state index < -0.39 is 0 Å². The zero-order valence-corrected chi connectivity index (χ0v) is 12.7. The second-order valence-corrected chi connectivity index (χ2v) is 6.31. The number of hydrogen-bond acceptors (Lipinski definition) is 2. The van der Waals surface area contributed by atoms with Gasteiger partial charge in [-0.1, -0.05) is 22.9 Å². The second kappa shape index (κ2) is 8.11. The van der Waals surface area contributed by atoms with Crippen LogP contribution in [0.15, 0.2) is 22.7 Å².